The minimum absolute atomic E-state index is 0.00224. The maximum atomic E-state index is 11.6. The van der Waals surface area contributed by atoms with Crippen LogP contribution in [0.1, 0.15) is 25.2 Å². The largest absolute Gasteiger partial charge is 0.416 e. The molecule has 2 rings (SSSR count). The molecule has 1 aromatic rings. The molecule has 0 unspecified atom stereocenters. The second-order valence-electron chi connectivity index (χ2n) is 4.60. The third kappa shape index (κ3) is 5.20. The Bertz CT molecular complexity index is 405. The lowest BCUT2D eigenvalue weighted by atomic mass is 9.99. The molecule has 0 aromatic carbocycles. The number of hydrogen-bond acceptors (Lipinski definition) is 6. The molecule has 6 nitrogen and oxygen atoms in total. The van der Waals surface area contributed by atoms with Gasteiger partial charge in [-0.05, 0) is 25.2 Å². The van der Waals surface area contributed by atoms with E-state index in [1.807, 2.05) is 0 Å². The fraction of sp³-hybridized carbons (Fsp3) is 0.750. The van der Waals surface area contributed by atoms with E-state index >= 15 is 0 Å². The zero-order valence-electron chi connectivity index (χ0n) is 11.1. The topological polar surface area (TPSA) is 77.2 Å². The third-order valence-electron chi connectivity index (χ3n) is 2.96. The monoisotopic (exact) mass is 285 g/mol. The molecule has 1 fully saturated rings. The SMILES string of the molecule is Cc1nnc(SCC(=O)NCC[C@H]2CCCOC2)o1. The van der Waals surface area contributed by atoms with Gasteiger partial charge in [0.25, 0.3) is 5.22 Å². The smallest absolute Gasteiger partial charge is 0.277 e. The summed E-state index contributed by atoms with van der Waals surface area (Å²) in [4.78, 5) is 11.6. The van der Waals surface area contributed by atoms with Crippen LogP contribution in [0.4, 0.5) is 0 Å². The Balaban J connectivity index is 1.56. The first-order chi connectivity index (χ1) is 9.24. The van der Waals surface area contributed by atoms with E-state index in [1.165, 1.54) is 18.2 Å². The van der Waals surface area contributed by atoms with Crippen molar-refractivity contribution in [2.75, 3.05) is 25.5 Å². The average molecular weight is 285 g/mol. The Morgan fingerprint density at radius 2 is 2.42 bits per heavy atom. The van der Waals surface area contributed by atoms with Crippen LogP contribution in [0.25, 0.3) is 0 Å². The Morgan fingerprint density at radius 1 is 1.53 bits per heavy atom. The first-order valence-corrected chi connectivity index (χ1v) is 7.50. The number of thioether (sulfide) groups is 1. The summed E-state index contributed by atoms with van der Waals surface area (Å²) in [6.07, 6.45) is 3.31. The van der Waals surface area contributed by atoms with Crippen LogP contribution in [0.15, 0.2) is 9.64 Å². The Labute approximate surface area is 116 Å². The van der Waals surface area contributed by atoms with Crippen molar-refractivity contribution in [2.45, 2.75) is 31.4 Å². The second-order valence-corrected chi connectivity index (χ2v) is 5.52. The Morgan fingerprint density at radius 3 is 3.11 bits per heavy atom. The number of aryl methyl sites for hydroxylation is 1. The van der Waals surface area contributed by atoms with E-state index in [-0.39, 0.29) is 5.91 Å². The van der Waals surface area contributed by atoms with Crippen molar-refractivity contribution >= 4 is 17.7 Å². The minimum atomic E-state index is -0.00224. The van der Waals surface area contributed by atoms with Gasteiger partial charge in [0.05, 0.1) is 5.75 Å². The van der Waals surface area contributed by atoms with Crippen molar-refractivity contribution in [1.29, 1.82) is 0 Å². The highest BCUT2D eigenvalue weighted by atomic mass is 32.2. The molecule has 2 heterocycles. The van der Waals surface area contributed by atoms with Gasteiger partial charge in [-0.2, -0.15) is 0 Å². The van der Waals surface area contributed by atoms with E-state index in [2.05, 4.69) is 15.5 Å². The molecule has 1 aliphatic rings. The summed E-state index contributed by atoms with van der Waals surface area (Å²) in [6.45, 7) is 4.13. The normalized spacial score (nSPS) is 19.3. The van der Waals surface area contributed by atoms with Crippen LogP contribution in [0, 0.1) is 12.8 Å². The minimum Gasteiger partial charge on any atom is -0.416 e. The summed E-state index contributed by atoms with van der Waals surface area (Å²) < 4.78 is 10.6. The fourth-order valence-corrected chi connectivity index (χ4v) is 2.60. The molecular formula is C12H19N3O3S. The molecule has 106 valence electrons. The summed E-state index contributed by atoms with van der Waals surface area (Å²) in [5.41, 5.74) is 0. The maximum Gasteiger partial charge on any atom is 0.277 e. The van der Waals surface area contributed by atoms with Gasteiger partial charge in [0, 0.05) is 26.7 Å². The second kappa shape index (κ2) is 7.49. The number of hydrogen-bond donors (Lipinski definition) is 1. The molecular weight excluding hydrogens is 266 g/mol. The van der Waals surface area contributed by atoms with E-state index in [4.69, 9.17) is 9.15 Å². The zero-order chi connectivity index (χ0) is 13.5. The predicted octanol–water partition coefficient (Wildman–Crippen LogP) is 1.40. The number of nitrogens with one attached hydrogen (secondary N) is 1. The summed E-state index contributed by atoms with van der Waals surface area (Å²) in [7, 11) is 0. The van der Waals surface area contributed by atoms with Gasteiger partial charge in [0.2, 0.25) is 11.8 Å². The molecule has 0 radical (unpaired) electrons. The van der Waals surface area contributed by atoms with Gasteiger partial charge in [0.15, 0.2) is 0 Å². The number of amides is 1. The summed E-state index contributed by atoms with van der Waals surface area (Å²) in [5, 5.41) is 10.9. The quantitative estimate of drug-likeness (QED) is 0.796. The molecule has 0 spiro atoms. The molecule has 0 bridgehead atoms. The van der Waals surface area contributed by atoms with Crippen molar-refractivity contribution in [1.82, 2.24) is 15.5 Å². The van der Waals surface area contributed by atoms with Crippen LogP contribution in [0.3, 0.4) is 0 Å². The van der Waals surface area contributed by atoms with Gasteiger partial charge in [-0.25, -0.2) is 0 Å². The van der Waals surface area contributed by atoms with Crippen LogP contribution in [-0.4, -0.2) is 41.6 Å². The van der Waals surface area contributed by atoms with E-state index < -0.39 is 0 Å². The standard InChI is InChI=1S/C12H19N3O3S/c1-9-14-15-12(18-9)19-8-11(16)13-5-4-10-3-2-6-17-7-10/h10H,2-8H2,1H3,(H,13,16)/t10-/m1/s1. The molecule has 19 heavy (non-hydrogen) atoms. The van der Waals surface area contributed by atoms with Gasteiger partial charge in [0.1, 0.15) is 0 Å². The van der Waals surface area contributed by atoms with Gasteiger partial charge >= 0.3 is 0 Å². The number of rotatable bonds is 6. The Hall–Kier alpha value is -1.08. The number of aromatic nitrogens is 2. The van der Waals surface area contributed by atoms with Crippen molar-refractivity contribution in [2.24, 2.45) is 5.92 Å². The summed E-state index contributed by atoms with van der Waals surface area (Å²) >= 11 is 1.26. The van der Waals surface area contributed by atoms with E-state index in [0.717, 1.165) is 26.1 Å². The lowest BCUT2D eigenvalue weighted by molar-refractivity contribution is -0.118. The van der Waals surface area contributed by atoms with Crippen molar-refractivity contribution in [3.8, 4) is 0 Å². The lowest BCUT2D eigenvalue weighted by Gasteiger charge is -2.21. The molecule has 1 amide bonds. The predicted molar refractivity (Wildman–Crippen MR) is 70.9 cm³/mol. The van der Waals surface area contributed by atoms with Gasteiger partial charge in [-0.15, -0.1) is 10.2 Å². The van der Waals surface area contributed by atoms with Crippen LogP contribution in [0.2, 0.25) is 0 Å². The van der Waals surface area contributed by atoms with Crippen LogP contribution in [-0.2, 0) is 9.53 Å². The highest BCUT2D eigenvalue weighted by molar-refractivity contribution is 7.99. The van der Waals surface area contributed by atoms with Crippen molar-refractivity contribution < 1.29 is 13.9 Å². The van der Waals surface area contributed by atoms with Gasteiger partial charge in [-0.1, -0.05) is 11.8 Å². The van der Waals surface area contributed by atoms with Crippen LogP contribution >= 0.6 is 11.8 Å². The van der Waals surface area contributed by atoms with Crippen LogP contribution in [0.5, 0.6) is 0 Å². The average Bonchev–Trinajstić information content (AvgIpc) is 2.83. The third-order valence-corrected chi connectivity index (χ3v) is 3.78. The summed E-state index contributed by atoms with van der Waals surface area (Å²) in [6, 6.07) is 0. The van der Waals surface area contributed by atoms with Crippen molar-refractivity contribution in [3.05, 3.63) is 5.89 Å². The molecule has 1 N–H and O–H groups in total. The van der Waals surface area contributed by atoms with Crippen molar-refractivity contribution in [3.63, 3.8) is 0 Å². The number of carbonyl (C=O) groups excluding carboxylic acids is 1. The first-order valence-electron chi connectivity index (χ1n) is 6.51. The molecule has 1 aliphatic heterocycles. The number of carbonyl (C=O) groups is 1. The summed E-state index contributed by atoms with van der Waals surface area (Å²) in [5.74, 6) is 1.40. The van der Waals surface area contributed by atoms with E-state index in [9.17, 15) is 4.79 Å². The highest BCUT2D eigenvalue weighted by Crippen LogP contribution is 2.17. The molecule has 0 saturated carbocycles. The zero-order valence-corrected chi connectivity index (χ0v) is 11.9. The van der Waals surface area contributed by atoms with Gasteiger partial charge in [-0.3, -0.25) is 4.79 Å². The number of ether oxygens (including phenoxy) is 1. The molecule has 7 heteroatoms. The molecule has 1 aromatic heterocycles. The van der Waals surface area contributed by atoms with E-state index in [1.54, 1.807) is 6.92 Å². The number of nitrogens with zero attached hydrogens (tertiary/aromatic N) is 2. The fourth-order valence-electron chi connectivity index (χ4n) is 1.97. The maximum absolute atomic E-state index is 11.6. The molecule has 1 saturated heterocycles. The van der Waals surface area contributed by atoms with E-state index in [0.29, 0.717) is 29.3 Å². The lowest BCUT2D eigenvalue weighted by Crippen LogP contribution is -2.29. The van der Waals surface area contributed by atoms with Crippen LogP contribution < -0.4 is 5.32 Å². The van der Waals surface area contributed by atoms with Gasteiger partial charge < -0.3 is 14.5 Å². The first kappa shape index (κ1) is 14.3. The highest BCUT2D eigenvalue weighted by Gasteiger charge is 2.14. The molecule has 0 aliphatic carbocycles. The Kier molecular flexibility index (Phi) is 5.65. The molecule has 1 atom stereocenters.